The number of nitrogens with zero attached hydrogens (tertiary/aromatic N) is 2. The number of carbonyl (C=O) groups excluding carboxylic acids is 2. The van der Waals surface area contributed by atoms with Crippen molar-refractivity contribution in [1.29, 1.82) is 0 Å². The second-order valence-corrected chi connectivity index (χ2v) is 10.1. The number of hydrogen-bond donors (Lipinski definition) is 0. The van der Waals surface area contributed by atoms with Crippen LogP contribution < -0.4 is 10.3 Å². The first-order valence-electron chi connectivity index (χ1n) is 12.7. The number of benzene rings is 3. The van der Waals surface area contributed by atoms with Crippen molar-refractivity contribution in [1.82, 2.24) is 4.90 Å². The average molecular weight is 509 g/mol. The minimum Gasteiger partial charge on any atom is -0.450 e. The SMILES string of the molecule is COCCN1C(=O)c2oc3cc(C)c(C)cc3c(=O)c2C12C(=O)N(Cc1cccc(C)c1)c1ccccc12. The quantitative estimate of drug-likeness (QED) is 0.393. The van der Waals surface area contributed by atoms with Crippen LogP contribution >= 0.6 is 0 Å². The Morgan fingerprint density at radius 2 is 1.68 bits per heavy atom. The van der Waals surface area contributed by atoms with Gasteiger partial charge in [-0.15, -0.1) is 0 Å². The molecule has 0 fully saturated rings. The van der Waals surface area contributed by atoms with E-state index in [-0.39, 0.29) is 35.8 Å². The van der Waals surface area contributed by atoms with Crippen LogP contribution in [0, 0.1) is 20.8 Å². The lowest BCUT2D eigenvalue weighted by Gasteiger charge is -2.34. The molecule has 0 N–H and O–H groups in total. The highest BCUT2D eigenvalue weighted by Gasteiger charge is 2.64. The van der Waals surface area contributed by atoms with E-state index in [2.05, 4.69) is 0 Å². The van der Waals surface area contributed by atoms with E-state index in [0.29, 0.717) is 28.8 Å². The fraction of sp³-hybridized carbons (Fsp3) is 0.258. The number of aryl methyl sites for hydroxylation is 3. The van der Waals surface area contributed by atoms with Gasteiger partial charge in [0.05, 0.1) is 29.8 Å². The number of rotatable bonds is 5. The minimum absolute atomic E-state index is 0.0811. The van der Waals surface area contributed by atoms with Gasteiger partial charge < -0.3 is 19.0 Å². The smallest absolute Gasteiger partial charge is 0.291 e. The maximum atomic E-state index is 14.7. The second kappa shape index (κ2) is 8.67. The summed E-state index contributed by atoms with van der Waals surface area (Å²) in [6, 6.07) is 18.9. The van der Waals surface area contributed by atoms with Crippen LogP contribution in [-0.4, -0.2) is 37.0 Å². The van der Waals surface area contributed by atoms with Gasteiger partial charge in [-0.2, -0.15) is 0 Å². The van der Waals surface area contributed by atoms with Gasteiger partial charge >= 0.3 is 0 Å². The number of para-hydroxylation sites is 1. The molecule has 1 spiro atoms. The van der Waals surface area contributed by atoms with E-state index >= 15 is 0 Å². The molecule has 38 heavy (non-hydrogen) atoms. The van der Waals surface area contributed by atoms with E-state index in [1.54, 1.807) is 17.0 Å². The molecular formula is C31H28N2O5. The minimum atomic E-state index is -1.64. The highest BCUT2D eigenvalue weighted by molar-refractivity contribution is 6.17. The van der Waals surface area contributed by atoms with Crippen LogP contribution in [0.4, 0.5) is 5.69 Å². The van der Waals surface area contributed by atoms with E-state index in [4.69, 9.17) is 9.15 Å². The van der Waals surface area contributed by atoms with Gasteiger partial charge in [0.25, 0.3) is 11.8 Å². The zero-order valence-corrected chi connectivity index (χ0v) is 21.8. The first-order valence-corrected chi connectivity index (χ1v) is 12.7. The Bertz CT molecular complexity index is 1700. The third-order valence-electron chi connectivity index (χ3n) is 7.79. The Morgan fingerprint density at radius 1 is 0.921 bits per heavy atom. The molecule has 2 aliphatic heterocycles. The Labute approximate surface area is 220 Å². The van der Waals surface area contributed by atoms with Gasteiger partial charge in [0.2, 0.25) is 5.76 Å². The number of ether oxygens (including phenoxy) is 1. The number of methoxy groups -OCH3 is 1. The molecule has 3 heterocycles. The Hall–Kier alpha value is -4.23. The molecule has 1 unspecified atom stereocenters. The molecule has 0 saturated heterocycles. The van der Waals surface area contributed by atoms with Crippen LogP contribution in [0.2, 0.25) is 0 Å². The molecule has 1 atom stereocenters. The standard InChI is InChI=1S/C31H28N2O5/c1-18-8-7-9-21(14-18)17-32-24-11-6-5-10-23(24)31(30(32)36)26-27(34)22-15-19(2)20(3)16-25(22)38-28(26)29(35)33(31)12-13-37-4/h5-11,14-16H,12-13,17H2,1-4H3. The first-order chi connectivity index (χ1) is 18.3. The molecule has 0 radical (unpaired) electrons. The van der Waals surface area contributed by atoms with Gasteiger partial charge in [0.1, 0.15) is 5.58 Å². The highest BCUT2D eigenvalue weighted by atomic mass is 16.5. The summed E-state index contributed by atoms with van der Waals surface area (Å²) in [5.41, 5.74) is 3.59. The fourth-order valence-electron chi connectivity index (χ4n) is 5.88. The predicted octanol–water partition coefficient (Wildman–Crippen LogP) is 4.61. The van der Waals surface area contributed by atoms with E-state index in [0.717, 1.165) is 22.3 Å². The molecule has 2 aliphatic rings. The van der Waals surface area contributed by atoms with Crippen LogP contribution in [0.15, 0.2) is 69.9 Å². The van der Waals surface area contributed by atoms with Crippen molar-refractivity contribution in [2.45, 2.75) is 32.9 Å². The molecule has 7 nitrogen and oxygen atoms in total. The highest BCUT2D eigenvalue weighted by Crippen LogP contribution is 2.52. The molecule has 6 rings (SSSR count). The number of fused-ring (bicyclic) bond motifs is 5. The Morgan fingerprint density at radius 3 is 2.45 bits per heavy atom. The van der Waals surface area contributed by atoms with Gasteiger partial charge in [-0.05, 0) is 55.7 Å². The van der Waals surface area contributed by atoms with Crippen molar-refractivity contribution >= 4 is 28.5 Å². The molecule has 0 bridgehead atoms. The molecule has 7 heteroatoms. The lowest BCUT2D eigenvalue weighted by Crippen LogP contribution is -2.54. The van der Waals surface area contributed by atoms with Gasteiger partial charge in [-0.3, -0.25) is 14.4 Å². The lowest BCUT2D eigenvalue weighted by molar-refractivity contribution is -0.126. The molecule has 2 amide bonds. The fourth-order valence-corrected chi connectivity index (χ4v) is 5.88. The normalized spacial score (nSPS) is 18.1. The Balaban J connectivity index is 1.65. The van der Waals surface area contributed by atoms with Crippen molar-refractivity contribution in [3.05, 3.63) is 110 Å². The monoisotopic (exact) mass is 508 g/mol. The molecule has 1 aromatic heterocycles. The topological polar surface area (TPSA) is 80.1 Å². The van der Waals surface area contributed by atoms with Gasteiger partial charge in [-0.25, -0.2) is 0 Å². The van der Waals surface area contributed by atoms with Crippen LogP contribution in [-0.2, 0) is 21.6 Å². The number of anilines is 1. The number of amides is 2. The summed E-state index contributed by atoms with van der Waals surface area (Å²) < 4.78 is 11.5. The summed E-state index contributed by atoms with van der Waals surface area (Å²) in [5, 5.41) is 0.357. The predicted molar refractivity (Wildman–Crippen MR) is 144 cm³/mol. The number of hydrogen-bond acceptors (Lipinski definition) is 5. The largest absolute Gasteiger partial charge is 0.450 e. The Kier molecular flexibility index (Phi) is 5.50. The maximum absolute atomic E-state index is 14.7. The third-order valence-corrected chi connectivity index (χ3v) is 7.79. The lowest BCUT2D eigenvalue weighted by atomic mass is 9.84. The van der Waals surface area contributed by atoms with Crippen molar-refractivity contribution in [3.8, 4) is 0 Å². The summed E-state index contributed by atoms with van der Waals surface area (Å²) in [4.78, 5) is 46.0. The summed E-state index contributed by atoms with van der Waals surface area (Å²) in [7, 11) is 1.54. The average Bonchev–Trinajstić information content (AvgIpc) is 3.28. The summed E-state index contributed by atoms with van der Waals surface area (Å²) in [6.45, 7) is 6.47. The molecule has 4 aromatic rings. The maximum Gasteiger partial charge on any atom is 0.291 e. The number of carbonyl (C=O) groups is 2. The summed E-state index contributed by atoms with van der Waals surface area (Å²) in [6.07, 6.45) is 0. The van der Waals surface area contributed by atoms with Crippen LogP contribution in [0.5, 0.6) is 0 Å². The zero-order valence-electron chi connectivity index (χ0n) is 21.8. The van der Waals surface area contributed by atoms with Crippen molar-refractivity contribution in [2.75, 3.05) is 25.2 Å². The van der Waals surface area contributed by atoms with Gasteiger partial charge in [0, 0.05) is 19.2 Å². The summed E-state index contributed by atoms with van der Waals surface area (Å²) in [5.74, 6) is -0.920. The molecule has 0 saturated carbocycles. The van der Waals surface area contributed by atoms with E-state index in [1.165, 1.54) is 12.0 Å². The molecule has 192 valence electrons. The van der Waals surface area contributed by atoms with E-state index in [9.17, 15) is 14.4 Å². The zero-order chi connectivity index (χ0) is 26.8. The van der Waals surface area contributed by atoms with Crippen molar-refractivity contribution in [3.63, 3.8) is 0 Å². The van der Waals surface area contributed by atoms with Crippen LogP contribution in [0.1, 0.15) is 43.9 Å². The third kappa shape index (κ3) is 3.21. The van der Waals surface area contributed by atoms with E-state index < -0.39 is 11.4 Å². The van der Waals surface area contributed by atoms with E-state index in [1.807, 2.05) is 69.3 Å². The molecular weight excluding hydrogens is 480 g/mol. The molecule has 3 aromatic carbocycles. The van der Waals surface area contributed by atoms with Crippen LogP contribution in [0.25, 0.3) is 11.0 Å². The van der Waals surface area contributed by atoms with Crippen molar-refractivity contribution in [2.24, 2.45) is 0 Å². The summed E-state index contributed by atoms with van der Waals surface area (Å²) >= 11 is 0. The van der Waals surface area contributed by atoms with Gasteiger partial charge in [-0.1, -0.05) is 48.0 Å². The molecule has 0 aliphatic carbocycles. The first kappa shape index (κ1) is 24.1. The second-order valence-electron chi connectivity index (χ2n) is 10.1. The van der Waals surface area contributed by atoms with Gasteiger partial charge in [0.15, 0.2) is 11.0 Å². The van der Waals surface area contributed by atoms with Crippen LogP contribution in [0.3, 0.4) is 0 Å². The van der Waals surface area contributed by atoms with Crippen molar-refractivity contribution < 1.29 is 18.7 Å².